The van der Waals surface area contributed by atoms with Gasteiger partial charge in [0.1, 0.15) is 0 Å². The topological polar surface area (TPSA) is 61.5 Å². The summed E-state index contributed by atoms with van der Waals surface area (Å²) in [6.07, 6.45) is -0.396. The van der Waals surface area contributed by atoms with Crippen molar-refractivity contribution in [3.63, 3.8) is 0 Å². The maximum absolute atomic E-state index is 11.2. The van der Waals surface area contributed by atoms with Gasteiger partial charge in [0.2, 0.25) is 0 Å². The van der Waals surface area contributed by atoms with Crippen LogP contribution in [0.4, 0.5) is 0 Å². The van der Waals surface area contributed by atoms with Crippen LogP contribution in [0.5, 0.6) is 0 Å². The molecule has 0 aliphatic rings. The molecule has 0 saturated carbocycles. The molecule has 0 saturated heterocycles. The molecule has 1 aromatic rings. The molecule has 0 radical (unpaired) electrons. The Labute approximate surface area is 89.0 Å². The largest absolute Gasteiger partial charge is 0.352 e. The molecule has 0 unspecified atom stereocenters. The minimum Gasteiger partial charge on any atom is -0.352 e. The van der Waals surface area contributed by atoms with Crippen LogP contribution in [0.15, 0.2) is 24.3 Å². The highest BCUT2D eigenvalue weighted by Gasteiger charge is 2.09. The molecule has 15 heavy (non-hydrogen) atoms. The van der Waals surface area contributed by atoms with Gasteiger partial charge in [0, 0.05) is 25.3 Å². The first kappa shape index (κ1) is 11.8. The van der Waals surface area contributed by atoms with E-state index in [2.05, 4.69) is 0 Å². The number of carbonyl (C=O) groups excluding carboxylic acids is 1. The van der Waals surface area contributed by atoms with Crippen molar-refractivity contribution in [2.75, 3.05) is 20.8 Å². The minimum absolute atomic E-state index is 0.0251. The lowest BCUT2D eigenvalue weighted by Gasteiger charge is -2.13. The van der Waals surface area contributed by atoms with E-state index in [4.69, 9.17) is 15.2 Å². The maximum Gasteiger partial charge on any atom is 0.183 e. The Kier molecular flexibility index (Phi) is 4.42. The molecule has 0 spiro atoms. The van der Waals surface area contributed by atoms with E-state index in [1.807, 2.05) is 0 Å². The van der Waals surface area contributed by atoms with Gasteiger partial charge in [-0.1, -0.05) is 24.3 Å². The Hall–Kier alpha value is -1.23. The molecule has 0 aliphatic heterocycles. The number of rotatable bonds is 5. The summed E-state index contributed by atoms with van der Waals surface area (Å²) in [7, 11) is 3.13. The second-order valence-corrected chi connectivity index (χ2v) is 3.05. The number of Topliss-reactive ketones (excluding diaryl/α,β-unsaturated/α-hetero) is 1. The molecule has 1 aromatic carbocycles. The summed E-state index contributed by atoms with van der Waals surface area (Å²) < 4.78 is 10.2. The lowest BCUT2D eigenvalue weighted by Crippen LogP contribution is -2.13. The van der Waals surface area contributed by atoms with E-state index in [1.54, 1.807) is 38.5 Å². The van der Waals surface area contributed by atoms with Crippen molar-refractivity contribution in [3.8, 4) is 0 Å². The number of methoxy groups -OCH3 is 2. The van der Waals surface area contributed by atoms with Crippen molar-refractivity contribution in [2.45, 2.75) is 6.29 Å². The fourth-order valence-corrected chi connectivity index (χ4v) is 1.31. The average Bonchev–Trinajstić information content (AvgIpc) is 2.30. The summed E-state index contributed by atoms with van der Waals surface area (Å²) in [4.78, 5) is 11.2. The molecule has 0 aromatic heterocycles. The van der Waals surface area contributed by atoms with Gasteiger partial charge in [-0.15, -0.1) is 0 Å². The normalized spacial score (nSPS) is 10.7. The summed E-state index contributed by atoms with van der Waals surface area (Å²) >= 11 is 0. The third-order valence-corrected chi connectivity index (χ3v) is 2.12. The third-order valence-electron chi connectivity index (χ3n) is 2.12. The number of benzene rings is 1. The predicted octanol–water partition coefficient (Wildman–Crippen LogP) is 1.12. The van der Waals surface area contributed by atoms with Gasteiger partial charge < -0.3 is 15.2 Å². The molecule has 82 valence electrons. The smallest absolute Gasteiger partial charge is 0.183 e. The van der Waals surface area contributed by atoms with E-state index in [9.17, 15) is 4.79 Å². The van der Waals surface area contributed by atoms with Crippen molar-refractivity contribution >= 4 is 5.78 Å². The Morgan fingerprint density at radius 2 is 1.80 bits per heavy atom. The van der Waals surface area contributed by atoms with Crippen LogP contribution in [0.1, 0.15) is 22.2 Å². The highest BCUT2D eigenvalue weighted by Crippen LogP contribution is 2.17. The van der Waals surface area contributed by atoms with Crippen LogP contribution < -0.4 is 5.73 Å². The molecular formula is C11H15NO3. The number of carbonyl (C=O) groups is 1. The van der Waals surface area contributed by atoms with Gasteiger partial charge >= 0.3 is 0 Å². The first-order valence-corrected chi connectivity index (χ1v) is 4.61. The molecule has 0 fully saturated rings. The van der Waals surface area contributed by atoms with Gasteiger partial charge in [0.05, 0.1) is 6.54 Å². The number of hydrogen-bond acceptors (Lipinski definition) is 4. The van der Waals surface area contributed by atoms with Crippen molar-refractivity contribution in [1.82, 2.24) is 0 Å². The van der Waals surface area contributed by atoms with E-state index in [0.29, 0.717) is 5.56 Å². The monoisotopic (exact) mass is 209 g/mol. The van der Waals surface area contributed by atoms with Crippen molar-refractivity contribution in [3.05, 3.63) is 35.4 Å². The summed E-state index contributed by atoms with van der Waals surface area (Å²) in [6, 6.07) is 7.02. The molecule has 2 N–H and O–H groups in total. The van der Waals surface area contributed by atoms with E-state index < -0.39 is 6.29 Å². The Balaban J connectivity index is 2.84. The molecule has 4 heteroatoms. The fraction of sp³-hybridized carbons (Fsp3) is 0.364. The highest BCUT2D eigenvalue weighted by molar-refractivity contribution is 5.97. The Bertz CT molecular complexity index is 317. The van der Waals surface area contributed by atoms with Crippen molar-refractivity contribution in [2.24, 2.45) is 5.73 Å². The molecule has 0 aliphatic carbocycles. The van der Waals surface area contributed by atoms with Crippen molar-refractivity contribution in [1.29, 1.82) is 0 Å². The van der Waals surface area contributed by atoms with Gasteiger partial charge in [0.15, 0.2) is 12.1 Å². The number of nitrogens with two attached hydrogens (primary N) is 1. The van der Waals surface area contributed by atoms with Crippen LogP contribution in [0.3, 0.4) is 0 Å². The maximum atomic E-state index is 11.2. The highest BCUT2D eigenvalue weighted by atomic mass is 16.7. The van der Waals surface area contributed by atoms with Crippen LogP contribution in [-0.2, 0) is 9.47 Å². The third kappa shape index (κ3) is 2.86. The fourth-order valence-electron chi connectivity index (χ4n) is 1.31. The number of ketones is 1. The average molecular weight is 209 g/mol. The number of ether oxygens (including phenoxy) is 2. The van der Waals surface area contributed by atoms with Crippen LogP contribution in [0, 0.1) is 0 Å². The molecule has 4 nitrogen and oxygen atoms in total. The van der Waals surface area contributed by atoms with Crippen LogP contribution in [0.25, 0.3) is 0 Å². The zero-order valence-corrected chi connectivity index (χ0v) is 8.90. The summed E-state index contributed by atoms with van der Waals surface area (Å²) in [6.45, 7) is 0.0251. The van der Waals surface area contributed by atoms with Gasteiger partial charge in [-0.3, -0.25) is 4.79 Å². The Morgan fingerprint density at radius 3 is 2.20 bits per heavy atom. The zero-order valence-electron chi connectivity index (χ0n) is 8.90. The molecule has 1 rings (SSSR count). The molecule has 0 bridgehead atoms. The van der Waals surface area contributed by atoms with Crippen LogP contribution in [0.2, 0.25) is 0 Å². The van der Waals surface area contributed by atoms with E-state index in [0.717, 1.165) is 5.56 Å². The SMILES string of the molecule is COC(OC)c1ccc(C(=O)CN)cc1. The first-order valence-electron chi connectivity index (χ1n) is 4.61. The minimum atomic E-state index is -0.396. The molecule has 0 heterocycles. The van der Waals surface area contributed by atoms with E-state index in [1.165, 1.54) is 0 Å². The van der Waals surface area contributed by atoms with Crippen LogP contribution >= 0.6 is 0 Å². The summed E-state index contributed by atoms with van der Waals surface area (Å²) in [5, 5.41) is 0. The van der Waals surface area contributed by atoms with Gasteiger partial charge in [-0.2, -0.15) is 0 Å². The Morgan fingerprint density at radius 1 is 1.27 bits per heavy atom. The second kappa shape index (κ2) is 5.60. The molecular weight excluding hydrogens is 194 g/mol. The van der Waals surface area contributed by atoms with E-state index in [-0.39, 0.29) is 12.3 Å². The summed E-state index contributed by atoms with van der Waals surface area (Å²) in [5.41, 5.74) is 6.73. The lowest BCUT2D eigenvalue weighted by molar-refractivity contribution is -0.106. The van der Waals surface area contributed by atoms with Gasteiger partial charge in [-0.05, 0) is 0 Å². The number of hydrogen-bond donors (Lipinski definition) is 1. The first-order chi connectivity index (χ1) is 7.22. The lowest BCUT2D eigenvalue weighted by atomic mass is 10.1. The van der Waals surface area contributed by atoms with Crippen molar-refractivity contribution < 1.29 is 14.3 Å². The second-order valence-electron chi connectivity index (χ2n) is 3.05. The molecule has 0 atom stereocenters. The molecule has 0 amide bonds. The summed E-state index contributed by atoms with van der Waals surface area (Å²) in [5.74, 6) is -0.0760. The quantitative estimate of drug-likeness (QED) is 0.583. The predicted molar refractivity (Wildman–Crippen MR) is 56.6 cm³/mol. The zero-order chi connectivity index (χ0) is 11.3. The van der Waals surface area contributed by atoms with E-state index >= 15 is 0 Å². The van der Waals surface area contributed by atoms with Gasteiger partial charge in [0.25, 0.3) is 0 Å². The standard InChI is InChI=1S/C11H15NO3/c1-14-11(15-2)9-5-3-8(4-6-9)10(13)7-12/h3-6,11H,7,12H2,1-2H3. The van der Waals surface area contributed by atoms with Crippen LogP contribution in [-0.4, -0.2) is 26.5 Å². The van der Waals surface area contributed by atoms with Gasteiger partial charge in [-0.25, -0.2) is 0 Å².